The summed E-state index contributed by atoms with van der Waals surface area (Å²) < 4.78 is 1.95. The maximum Gasteiger partial charge on any atom is 0.0492 e. The Bertz CT molecular complexity index is 321. The summed E-state index contributed by atoms with van der Waals surface area (Å²) in [4.78, 5) is 2.41. The molecular formula is C12H22N4. The van der Waals surface area contributed by atoms with E-state index in [2.05, 4.69) is 28.4 Å². The molecule has 16 heavy (non-hydrogen) atoms. The van der Waals surface area contributed by atoms with E-state index in [-0.39, 0.29) is 0 Å². The van der Waals surface area contributed by atoms with Gasteiger partial charge in [-0.25, -0.2) is 0 Å². The normalized spacial score (nSPS) is 21.8. The zero-order valence-electron chi connectivity index (χ0n) is 10.3. The lowest BCUT2D eigenvalue weighted by Crippen LogP contribution is -2.27. The molecule has 0 aromatic carbocycles. The van der Waals surface area contributed by atoms with Crippen molar-refractivity contribution < 1.29 is 0 Å². The number of hydrogen-bond donors (Lipinski definition) is 1. The summed E-state index contributed by atoms with van der Waals surface area (Å²) in [6.07, 6.45) is 4.27. The van der Waals surface area contributed by atoms with E-state index in [1.165, 1.54) is 25.2 Å². The second kappa shape index (κ2) is 5.46. The van der Waals surface area contributed by atoms with E-state index in [1.54, 1.807) is 0 Å². The molecule has 1 aromatic rings. The predicted octanol–water partition coefficient (Wildman–Crippen LogP) is 0.504. The van der Waals surface area contributed by atoms with Crippen molar-refractivity contribution in [3.8, 4) is 0 Å². The van der Waals surface area contributed by atoms with Gasteiger partial charge in [0.2, 0.25) is 0 Å². The molecule has 4 nitrogen and oxygen atoms in total. The smallest absolute Gasteiger partial charge is 0.0492 e. The standard InChI is InChI=1S/C12H22N4/c1-15-8-5-11(10-15)9-13-6-3-12-4-7-14-16(12)2/h4,7,11,13H,3,5-6,8-10H2,1-2H3. The molecule has 1 atom stereocenters. The summed E-state index contributed by atoms with van der Waals surface area (Å²) in [6.45, 7) is 4.72. The Hall–Kier alpha value is -0.870. The topological polar surface area (TPSA) is 33.1 Å². The number of nitrogens with zero attached hydrogens (tertiary/aromatic N) is 3. The number of nitrogens with one attached hydrogen (secondary N) is 1. The highest BCUT2D eigenvalue weighted by molar-refractivity contribution is 5.00. The van der Waals surface area contributed by atoms with Crippen molar-refractivity contribution in [2.75, 3.05) is 33.2 Å². The van der Waals surface area contributed by atoms with Gasteiger partial charge in [-0.3, -0.25) is 4.68 Å². The van der Waals surface area contributed by atoms with Crippen LogP contribution in [0.3, 0.4) is 0 Å². The highest BCUT2D eigenvalue weighted by Gasteiger charge is 2.18. The Balaban J connectivity index is 1.60. The van der Waals surface area contributed by atoms with Gasteiger partial charge >= 0.3 is 0 Å². The molecule has 0 amide bonds. The third-order valence-corrected chi connectivity index (χ3v) is 3.40. The number of likely N-dealkylation sites (tertiary alicyclic amines) is 1. The third-order valence-electron chi connectivity index (χ3n) is 3.40. The van der Waals surface area contributed by atoms with Crippen molar-refractivity contribution in [1.29, 1.82) is 0 Å². The molecule has 0 saturated carbocycles. The molecule has 1 aromatic heterocycles. The number of rotatable bonds is 5. The van der Waals surface area contributed by atoms with E-state index >= 15 is 0 Å². The van der Waals surface area contributed by atoms with Crippen LogP contribution < -0.4 is 5.32 Å². The third kappa shape index (κ3) is 3.06. The highest BCUT2D eigenvalue weighted by atomic mass is 15.3. The quantitative estimate of drug-likeness (QED) is 0.737. The molecule has 4 heteroatoms. The SMILES string of the molecule is CN1CCC(CNCCc2ccnn2C)C1. The Morgan fingerprint density at radius 1 is 1.50 bits per heavy atom. The largest absolute Gasteiger partial charge is 0.316 e. The van der Waals surface area contributed by atoms with Gasteiger partial charge in [-0.1, -0.05) is 0 Å². The van der Waals surface area contributed by atoms with E-state index < -0.39 is 0 Å². The van der Waals surface area contributed by atoms with Crippen LogP contribution in [0, 0.1) is 5.92 Å². The van der Waals surface area contributed by atoms with E-state index in [9.17, 15) is 0 Å². The van der Waals surface area contributed by atoms with Crippen LogP contribution in [-0.4, -0.2) is 47.9 Å². The molecule has 0 spiro atoms. The minimum Gasteiger partial charge on any atom is -0.316 e. The van der Waals surface area contributed by atoms with Gasteiger partial charge < -0.3 is 10.2 Å². The van der Waals surface area contributed by atoms with E-state index in [0.29, 0.717) is 0 Å². The van der Waals surface area contributed by atoms with Gasteiger partial charge in [0.1, 0.15) is 0 Å². The molecule has 0 aliphatic carbocycles. The Kier molecular flexibility index (Phi) is 3.96. The van der Waals surface area contributed by atoms with E-state index in [4.69, 9.17) is 0 Å². The van der Waals surface area contributed by atoms with Crippen molar-refractivity contribution in [1.82, 2.24) is 20.0 Å². The monoisotopic (exact) mass is 222 g/mol. The summed E-state index contributed by atoms with van der Waals surface area (Å²) in [7, 11) is 4.21. The molecule has 0 radical (unpaired) electrons. The molecule has 0 bridgehead atoms. The van der Waals surface area contributed by atoms with Gasteiger partial charge in [0.15, 0.2) is 0 Å². The average Bonchev–Trinajstić information content (AvgIpc) is 2.83. The summed E-state index contributed by atoms with van der Waals surface area (Å²) in [5, 5.41) is 7.71. The predicted molar refractivity (Wildman–Crippen MR) is 65.4 cm³/mol. The maximum atomic E-state index is 4.16. The number of hydrogen-bond acceptors (Lipinski definition) is 3. The van der Waals surface area contributed by atoms with Gasteiger partial charge in [-0.2, -0.15) is 5.10 Å². The first kappa shape index (κ1) is 11.6. The van der Waals surface area contributed by atoms with Gasteiger partial charge in [0.25, 0.3) is 0 Å². The number of aryl methyl sites for hydroxylation is 1. The first-order valence-electron chi connectivity index (χ1n) is 6.12. The van der Waals surface area contributed by atoms with Crippen molar-refractivity contribution >= 4 is 0 Å². The van der Waals surface area contributed by atoms with Crippen molar-refractivity contribution in [2.24, 2.45) is 13.0 Å². The molecule has 1 unspecified atom stereocenters. The molecule has 1 N–H and O–H groups in total. The van der Waals surface area contributed by atoms with Crippen LogP contribution in [0.2, 0.25) is 0 Å². The van der Waals surface area contributed by atoms with Crippen molar-refractivity contribution in [3.05, 3.63) is 18.0 Å². The Labute approximate surface area is 97.6 Å². The molecule has 1 aliphatic rings. The summed E-state index contributed by atoms with van der Waals surface area (Å²) in [6, 6.07) is 2.09. The zero-order chi connectivity index (χ0) is 11.4. The zero-order valence-corrected chi connectivity index (χ0v) is 10.3. The lowest BCUT2D eigenvalue weighted by atomic mass is 10.1. The van der Waals surface area contributed by atoms with Gasteiger partial charge in [0, 0.05) is 38.4 Å². The molecule has 1 aliphatic heterocycles. The summed E-state index contributed by atoms with van der Waals surface area (Å²) >= 11 is 0. The van der Waals surface area contributed by atoms with Gasteiger partial charge in [-0.05, 0) is 38.5 Å². The lowest BCUT2D eigenvalue weighted by molar-refractivity contribution is 0.388. The average molecular weight is 222 g/mol. The Morgan fingerprint density at radius 3 is 3.00 bits per heavy atom. The van der Waals surface area contributed by atoms with E-state index in [0.717, 1.165) is 25.4 Å². The molecule has 90 valence electrons. The maximum absolute atomic E-state index is 4.16. The van der Waals surface area contributed by atoms with Crippen molar-refractivity contribution in [2.45, 2.75) is 12.8 Å². The van der Waals surface area contributed by atoms with Crippen LogP contribution in [-0.2, 0) is 13.5 Å². The first-order valence-corrected chi connectivity index (χ1v) is 6.12. The van der Waals surface area contributed by atoms with Crippen molar-refractivity contribution in [3.63, 3.8) is 0 Å². The minimum atomic E-state index is 0.844. The molecule has 1 saturated heterocycles. The lowest BCUT2D eigenvalue weighted by Gasteiger charge is -2.11. The van der Waals surface area contributed by atoms with Crippen LogP contribution in [0.25, 0.3) is 0 Å². The first-order chi connectivity index (χ1) is 7.75. The highest BCUT2D eigenvalue weighted by Crippen LogP contribution is 2.12. The summed E-state index contributed by atoms with van der Waals surface area (Å²) in [5.74, 6) is 0.844. The summed E-state index contributed by atoms with van der Waals surface area (Å²) in [5.41, 5.74) is 1.30. The van der Waals surface area contributed by atoms with Crippen LogP contribution in [0.5, 0.6) is 0 Å². The van der Waals surface area contributed by atoms with Crippen LogP contribution in [0.15, 0.2) is 12.3 Å². The Morgan fingerprint density at radius 2 is 2.38 bits per heavy atom. The van der Waals surface area contributed by atoms with E-state index in [1.807, 2.05) is 17.9 Å². The minimum absolute atomic E-state index is 0.844. The van der Waals surface area contributed by atoms with Crippen LogP contribution in [0.4, 0.5) is 0 Å². The second-order valence-electron chi connectivity index (χ2n) is 4.82. The second-order valence-corrected chi connectivity index (χ2v) is 4.82. The van der Waals surface area contributed by atoms with Gasteiger partial charge in [0.05, 0.1) is 0 Å². The molecular weight excluding hydrogens is 200 g/mol. The fourth-order valence-corrected chi connectivity index (χ4v) is 2.36. The number of aromatic nitrogens is 2. The molecule has 1 fully saturated rings. The van der Waals surface area contributed by atoms with Gasteiger partial charge in [-0.15, -0.1) is 0 Å². The van der Waals surface area contributed by atoms with Crippen LogP contribution in [0.1, 0.15) is 12.1 Å². The fourth-order valence-electron chi connectivity index (χ4n) is 2.36. The molecule has 2 heterocycles. The molecule has 2 rings (SSSR count). The van der Waals surface area contributed by atoms with Crippen LogP contribution >= 0.6 is 0 Å². The fraction of sp³-hybridized carbons (Fsp3) is 0.750.